The van der Waals surface area contributed by atoms with Crippen molar-refractivity contribution in [2.24, 2.45) is 7.05 Å². The first-order valence-electron chi connectivity index (χ1n) is 6.24. The molecule has 1 N–H and O–H groups in total. The molecule has 0 saturated heterocycles. The van der Waals surface area contributed by atoms with Gasteiger partial charge in [-0.3, -0.25) is 4.68 Å². The molecular weight excluding hydrogens is 306 g/mol. The minimum absolute atomic E-state index is 0.729. The van der Waals surface area contributed by atoms with Gasteiger partial charge in [-0.15, -0.1) is 0 Å². The maximum Gasteiger partial charge on any atom is 0.165 e. The summed E-state index contributed by atoms with van der Waals surface area (Å²) in [6, 6.07) is 0. The third-order valence-electron chi connectivity index (χ3n) is 3.22. The lowest BCUT2D eigenvalue weighted by molar-refractivity contribution is 0.731. The fraction of sp³-hybridized carbons (Fsp3) is 0.462. The molecule has 5 nitrogen and oxygen atoms in total. The lowest BCUT2D eigenvalue weighted by Gasteiger charge is -2.10. The van der Waals surface area contributed by atoms with Gasteiger partial charge in [0.15, 0.2) is 5.82 Å². The van der Waals surface area contributed by atoms with Gasteiger partial charge in [0.05, 0.1) is 21.4 Å². The fourth-order valence-electron chi connectivity index (χ4n) is 2.10. The van der Waals surface area contributed by atoms with Crippen LogP contribution in [-0.2, 0) is 13.5 Å². The van der Waals surface area contributed by atoms with Crippen molar-refractivity contribution in [3.05, 3.63) is 21.6 Å². The van der Waals surface area contributed by atoms with Crippen LogP contribution in [0.25, 0.3) is 11.4 Å². The number of hydrogen-bond acceptors (Lipinski definition) is 4. The van der Waals surface area contributed by atoms with Gasteiger partial charge in [0.1, 0.15) is 5.82 Å². The Kier molecular flexibility index (Phi) is 3.89. The van der Waals surface area contributed by atoms with Crippen LogP contribution in [0, 0.1) is 13.8 Å². The van der Waals surface area contributed by atoms with Gasteiger partial charge < -0.3 is 5.32 Å². The van der Waals surface area contributed by atoms with E-state index in [4.69, 9.17) is 0 Å². The van der Waals surface area contributed by atoms with Crippen molar-refractivity contribution >= 4 is 21.7 Å². The Bertz CT molecular complexity index is 593. The van der Waals surface area contributed by atoms with Crippen LogP contribution in [0.1, 0.15) is 24.0 Å². The predicted octanol–water partition coefficient (Wildman–Crippen LogP) is 2.86. The molecule has 2 heterocycles. The Balaban J connectivity index is 2.69. The van der Waals surface area contributed by atoms with Gasteiger partial charge in [-0.1, -0.05) is 6.92 Å². The molecule has 2 aromatic rings. The van der Waals surface area contributed by atoms with E-state index >= 15 is 0 Å². The van der Waals surface area contributed by atoms with Crippen LogP contribution in [0.3, 0.4) is 0 Å². The van der Waals surface area contributed by atoms with Crippen LogP contribution in [-0.4, -0.2) is 26.8 Å². The third kappa shape index (κ3) is 2.36. The Morgan fingerprint density at radius 1 is 1.26 bits per heavy atom. The second-order valence-electron chi connectivity index (χ2n) is 4.43. The number of aryl methyl sites for hydroxylation is 3. The quantitative estimate of drug-likeness (QED) is 0.943. The smallest absolute Gasteiger partial charge is 0.165 e. The van der Waals surface area contributed by atoms with Crippen LogP contribution >= 0.6 is 15.9 Å². The molecule has 0 atom stereocenters. The molecule has 0 fully saturated rings. The zero-order chi connectivity index (χ0) is 14.2. The molecule has 19 heavy (non-hydrogen) atoms. The monoisotopic (exact) mass is 323 g/mol. The minimum atomic E-state index is 0.729. The Labute approximate surface area is 121 Å². The summed E-state index contributed by atoms with van der Waals surface area (Å²) in [7, 11) is 3.80. The number of nitrogens with one attached hydrogen (secondary N) is 1. The van der Waals surface area contributed by atoms with Crippen molar-refractivity contribution in [1.82, 2.24) is 19.7 Å². The van der Waals surface area contributed by atoms with Crippen molar-refractivity contribution in [3.63, 3.8) is 0 Å². The summed E-state index contributed by atoms with van der Waals surface area (Å²) in [6.45, 7) is 6.10. The van der Waals surface area contributed by atoms with Gasteiger partial charge in [-0.2, -0.15) is 5.10 Å². The zero-order valence-electron chi connectivity index (χ0n) is 11.9. The number of anilines is 1. The minimum Gasteiger partial charge on any atom is -0.372 e. The highest BCUT2D eigenvalue weighted by molar-refractivity contribution is 9.10. The van der Waals surface area contributed by atoms with Gasteiger partial charge in [-0.05, 0) is 36.2 Å². The predicted molar refractivity (Wildman–Crippen MR) is 80.3 cm³/mol. The van der Waals surface area contributed by atoms with E-state index in [2.05, 4.69) is 43.2 Å². The van der Waals surface area contributed by atoms with E-state index in [1.807, 2.05) is 32.6 Å². The summed E-state index contributed by atoms with van der Waals surface area (Å²) in [5.41, 5.74) is 4.04. The molecule has 0 bridgehead atoms. The molecule has 2 rings (SSSR count). The lowest BCUT2D eigenvalue weighted by atomic mass is 10.1. The topological polar surface area (TPSA) is 55.6 Å². The second-order valence-corrected chi connectivity index (χ2v) is 5.22. The van der Waals surface area contributed by atoms with Crippen molar-refractivity contribution in [3.8, 4) is 11.4 Å². The van der Waals surface area contributed by atoms with Crippen molar-refractivity contribution in [1.29, 1.82) is 0 Å². The van der Waals surface area contributed by atoms with E-state index in [1.54, 1.807) is 0 Å². The fourth-order valence-corrected chi connectivity index (χ4v) is 2.76. The summed E-state index contributed by atoms with van der Waals surface area (Å²) < 4.78 is 2.79. The standard InChI is InChI=1S/C13H18BrN5/c1-6-9-11(14)13(15-4)17-12(16-9)10-7(2)18-19(5)8(10)3/h6H2,1-5H3,(H,15,16,17). The highest BCUT2D eigenvalue weighted by atomic mass is 79.9. The van der Waals surface area contributed by atoms with E-state index in [9.17, 15) is 0 Å². The average molecular weight is 324 g/mol. The second kappa shape index (κ2) is 5.28. The lowest BCUT2D eigenvalue weighted by Crippen LogP contribution is -2.03. The van der Waals surface area contributed by atoms with Gasteiger partial charge in [0, 0.05) is 19.8 Å². The van der Waals surface area contributed by atoms with Gasteiger partial charge in [0.2, 0.25) is 0 Å². The van der Waals surface area contributed by atoms with Gasteiger partial charge >= 0.3 is 0 Å². The average Bonchev–Trinajstić information content (AvgIpc) is 2.64. The number of rotatable bonds is 3. The summed E-state index contributed by atoms with van der Waals surface area (Å²) in [4.78, 5) is 9.24. The molecule has 0 aliphatic heterocycles. The van der Waals surface area contributed by atoms with Gasteiger partial charge in [-0.25, -0.2) is 9.97 Å². The maximum absolute atomic E-state index is 4.65. The van der Waals surface area contributed by atoms with Crippen LogP contribution in [0.5, 0.6) is 0 Å². The number of hydrogen-bond donors (Lipinski definition) is 1. The maximum atomic E-state index is 4.65. The summed E-state index contributed by atoms with van der Waals surface area (Å²) in [5.74, 6) is 1.54. The highest BCUT2D eigenvalue weighted by Gasteiger charge is 2.17. The number of nitrogens with zero attached hydrogens (tertiary/aromatic N) is 4. The first kappa shape index (κ1) is 14.0. The molecule has 0 aromatic carbocycles. The van der Waals surface area contributed by atoms with Crippen LogP contribution in [0.15, 0.2) is 4.47 Å². The van der Waals surface area contributed by atoms with Crippen LogP contribution in [0.2, 0.25) is 0 Å². The Hall–Kier alpha value is -1.43. The van der Waals surface area contributed by atoms with E-state index < -0.39 is 0 Å². The summed E-state index contributed by atoms with van der Waals surface area (Å²) >= 11 is 3.54. The van der Waals surface area contributed by atoms with E-state index in [1.165, 1.54) is 0 Å². The van der Waals surface area contributed by atoms with E-state index in [0.29, 0.717) is 0 Å². The highest BCUT2D eigenvalue weighted by Crippen LogP contribution is 2.29. The molecule has 0 radical (unpaired) electrons. The first-order chi connectivity index (χ1) is 8.99. The molecule has 0 aliphatic carbocycles. The number of aromatic nitrogens is 4. The molecule has 0 unspecified atom stereocenters. The number of halogens is 1. The van der Waals surface area contributed by atoms with Crippen molar-refractivity contribution < 1.29 is 0 Å². The molecule has 2 aromatic heterocycles. The SMILES string of the molecule is CCc1nc(-c2c(C)nn(C)c2C)nc(NC)c1Br. The normalized spacial score (nSPS) is 10.8. The van der Waals surface area contributed by atoms with Gasteiger partial charge in [0.25, 0.3) is 0 Å². The van der Waals surface area contributed by atoms with Crippen molar-refractivity contribution in [2.75, 3.05) is 12.4 Å². The zero-order valence-corrected chi connectivity index (χ0v) is 13.5. The molecule has 6 heteroatoms. The summed E-state index contributed by atoms with van der Waals surface area (Å²) in [5, 5.41) is 7.53. The Morgan fingerprint density at radius 3 is 2.42 bits per heavy atom. The van der Waals surface area contributed by atoms with Crippen LogP contribution < -0.4 is 5.32 Å². The van der Waals surface area contributed by atoms with E-state index in [0.717, 1.165) is 45.2 Å². The third-order valence-corrected chi connectivity index (χ3v) is 4.06. The van der Waals surface area contributed by atoms with E-state index in [-0.39, 0.29) is 0 Å². The van der Waals surface area contributed by atoms with Crippen molar-refractivity contribution in [2.45, 2.75) is 27.2 Å². The largest absolute Gasteiger partial charge is 0.372 e. The molecule has 0 amide bonds. The van der Waals surface area contributed by atoms with Crippen LogP contribution in [0.4, 0.5) is 5.82 Å². The molecule has 0 saturated carbocycles. The molecule has 102 valence electrons. The molecule has 0 aliphatic rings. The molecule has 0 spiro atoms. The summed E-state index contributed by atoms with van der Waals surface area (Å²) in [6.07, 6.45) is 0.850. The molecular formula is C13H18BrN5. The Morgan fingerprint density at radius 2 is 1.95 bits per heavy atom. The first-order valence-corrected chi connectivity index (χ1v) is 7.03.